The smallest absolute Gasteiger partial charge is 0.253 e. The van der Waals surface area contributed by atoms with E-state index in [1.54, 1.807) is 6.20 Å². The second-order valence-electron chi connectivity index (χ2n) is 11.0. The minimum absolute atomic E-state index is 0.201. The second kappa shape index (κ2) is 14.4. The lowest BCUT2D eigenvalue weighted by molar-refractivity contribution is 0.0950. The van der Waals surface area contributed by atoms with E-state index in [0.29, 0.717) is 23.7 Å². The number of imidazole rings is 1. The third-order valence-electron chi connectivity index (χ3n) is 7.85. The fraction of sp³-hybridized carbons (Fsp3) is 0.314. The average Bonchev–Trinajstić information content (AvgIpc) is 3.48. The van der Waals surface area contributed by atoms with Gasteiger partial charge in [0.1, 0.15) is 5.82 Å². The third-order valence-corrected chi connectivity index (χ3v) is 8.13. The van der Waals surface area contributed by atoms with Crippen LogP contribution in [-0.2, 0) is 26.1 Å². The number of aryl methyl sites for hydroxylation is 2. The maximum Gasteiger partial charge on any atom is 0.253 e. The van der Waals surface area contributed by atoms with Crippen LogP contribution in [0.2, 0.25) is 5.02 Å². The minimum Gasteiger partial charge on any atom is -0.348 e. The molecular formula is C35H39ClN6O. The van der Waals surface area contributed by atoms with Gasteiger partial charge in [-0.25, -0.2) is 4.98 Å². The molecule has 0 saturated carbocycles. The lowest BCUT2D eigenvalue weighted by Crippen LogP contribution is -2.32. The number of H-pyrrole nitrogens is 1. The van der Waals surface area contributed by atoms with Gasteiger partial charge in [0, 0.05) is 31.7 Å². The molecule has 0 aliphatic heterocycles. The Morgan fingerprint density at radius 2 is 1.93 bits per heavy atom. The van der Waals surface area contributed by atoms with Crippen LogP contribution >= 0.6 is 11.6 Å². The van der Waals surface area contributed by atoms with Gasteiger partial charge in [-0.2, -0.15) is 0 Å². The molecule has 0 radical (unpaired) electrons. The van der Waals surface area contributed by atoms with E-state index in [9.17, 15) is 4.79 Å². The summed E-state index contributed by atoms with van der Waals surface area (Å²) in [5.74, 6) is 0.738. The highest BCUT2D eigenvalue weighted by Crippen LogP contribution is 2.34. The van der Waals surface area contributed by atoms with Crippen LogP contribution < -0.4 is 5.32 Å². The molecule has 1 unspecified atom stereocenters. The van der Waals surface area contributed by atoms with Crippen LogP contribution in [0.4, 0.5) is 0 Å². The standard InChI is InChI=1S/C35H39ClN6O/c1-4-8-27(9-5-2)30-21-39-32(41-30)23-42(31-12-6-10-28-11-7-17-38-34(28)31)22-26-15-13-25(14-16-26)19-40-35(43)33-24(3)18-37-20-29(33)36/h4,7-9,11,13-18,20-21,31H,5-6,10,12,19,22-23H2,1-3H3,(H,39,41)(H,40,43)/b8-4-,27-9+. The molecule has 1 aromatic carbocycles. The van der Waals surface area contributed by atoms with Gasteiger partial charge in [-0.15, -0.1) is 0 Å². The first kappa shape index (κ1) is 30.4. The number of hydrogen-bond donors (Lipinski definition) is 2. The Morgan fingerprint density at radius 3 is 2.70 bits per heavy atom. The Morgan fingerprint density at radius 1 is 1.12 bits per heavy atom. The van der Waals surface area contributed by atoms with Gasteiger partial charge in [-0.05, 0) is 73.4 Å². The lowest BCUT2D eigenvalue weighted by Gasteiger charge is -2.34. The summed E-state index contributed by atoms with van der Waals surface area (Å²) in [7, 11) is 0. The van der Waals surface area contributed by atoms with Crippen molar-refractivity contribution in [3.63, 3.8) is 0 Å². The number of nitrogens with zero attached hydrogens (tertiary/aromatic N) is 4. The number of aromatic amines is 1. The zero-order chi connectivity index (χ0) is 30.2. The zero-order valence-corrected chi connectivity index (χ0v) is 25.9. The van der Waals surface area contributed by atoms with E-state index in [2.05, 4.69) is 75.7 Å². The summed E-state index contributed by atoms with van der Waals surface area (Å²) in [4.78, 5) is 32.5. The van der Waals surface area contributed by atoms with Crippen molar-refractivity contribution in [3.05, 3.63) is 129 Å². The first-order chi connectivity index (χ1) is 21.0. The molecule has 8 heteroatoms. The van der Waals surface area contributed by atoms with Gasteiger partial charge in [0.15, 0.2) is 0 Å². The molecule has 3 heterocycles. The Hall–Kier alpha value is -4.07. The fourth-order valence-electron chi connectivity index (χ4n) is 5.75. The SMILES string of the molecule is C/C=C\C(=C/CC)c1cnc(CN(Cc2ccc(CNC(=O)c3c(C)cncc3Cl)cc2)C2CCCc3cccnc32)[nH]1. The van der Waals surface area contributed by atoms with E-state index in [-0.39, 0.29) is 11.9 Å². The van der Waals surface area contributed by atoms with Crippen LogP contribution in [0.1, 0.15) is 89.0 Å². The molecule has 3 aromatic heterocycles. The summed E-state index contributed by atoms with van der Waals surface area (Å²) in [5, 5.41) is 3.35. The number of hydrogen-bond acceptors (Lipinski definition) is 5. The molecule has 1 aliphatic rings. The van der Waals surface area contributed by atoms with Crippen molar-refractivity contribution in [2.45, 2.75) is 72.1 Å². The minimum atomic E-state index is -0.201. The molecule has 1 atom stereocenters. The maximum atomic E-state index is 12.8. The van der Waals surface area contributed by atoms with Gasteiger partial charge in [-0.3, -0.25) is 19.7 Å². The van der Waals surface area contributed by atoms with E-state index >= 15 is 0 Å². The number of pyridine rings is 2. The zero-order valence-electron chi connectivity index (χ0n) is 25.1. The van der Waals surface area contributed by atoms with Gasteiger partial charge < -0.3 is 10.3 Å². The molecule has 5 rings (SSSR count). The van der Waals surface area contributed by atoms with Crippen LogP contribution in [0.3, 0.4) is 0 Å². The van der Waals surface area contributed by atoms with E-state index in [0.717, 1.165) is 60.4 Å². The molecule has 0 saturated heterocycles. The molecule has 4 aromatic rings. The molecule has 0 spiro atoms. The number of fused-ring (bicyclic) bond motifs is 1. The summed E-state index contributed by atoms with van der Waals surface area (Å²) < 4.78 is 0. The molecule has 43 heavy (non-hydrogen) atoms. The van der Waals surface area contributed by atoms with E-state index in [1.807, 2.05) is 32.3 Å². The van der Waals surface area contributed by atoms with Crippen LogP contribution in [0.15, 0.2) is 79.4 Å². The van der Waals surface area contributed by atoms with E-state index in [1.165, 1.54) is 23.0 Å². The lowest BCUT2D eigenvalue weighted by atomic mass is 9.90. The van der Waals surface area contributed by atoms with Crippen LogP contribution in [-0.4, -0.2) is 30.7 Å². The van der Waals surface area contributed by atoms with Crippen molar-refractivity contribution in [3.8, 4) is 0 Å². The first-order valence-electron chi connectivity index (χ1n) is 15.0. The number of nitrogens with one attached hydrogen (secondary N) is 2. The summed E-state index contributed by atoms with van der Waals surface area (Å²) in [5.41, 5.74) is 8.13. The highest BCUT2D eigenvalue weighted by atomic mass is 35.5. The van der Waals surface area contributed by atoms with Gasteiger partial charge in [0.05, 0.1) is 40.8 Å². The third kappa shape index (κ3) is 7.48. The van der Waals surface area contributed by atoms with Crippen molar-refractivity contribution in [1.82, 2.24) is 30.2 Å². The number of halogens is 1. The predicted molar refractivity (Wildman–Crippen MR) is 172 cm³/mol. The summed E-state index contributed by atoms with van der Waals surface area (Å²) in [6, 6.07) is 12.9. The normalized spacial score (nSPS) is 15.2. The van der Waals surface area contributed by atoms with E-state index < -0.39 is 0 Å². The molecular weight excluding hydrogens is 556 g/mol. The Labute approximate surface area is 259 Å². The van der Waals surface area contributed by atoms with Crippen molar-refractivity contribution in [2.75, 3.05) is 0 Å². The first-order valence-corrected chi connectivity index (χ1v) is 15.4. The predicted octanol–water partition coefficient (Wildman–Crippen LogP) is 7.54. The fourth-order valence-corrected chi connectivity index (χ4v) is 6.04. The number of carbonyl (C=O) groups is 1. The molecule has 2 N–H and O–H groups in total. The highest BCUT2D eigenvalue weighted by molar-refractivity contribution is 6.33. The number of allylic oxidation sites excluding steroid dienone is 4. The van der Waals surface area contributed by atoms with E-state index in [4.69, 9.17) is 21.6 Å². The number of aromatic nitrogens is 4. The van der Waals surface area contributed by atoms with Crippen LogP contribution in [0.5, 0.6) is 0 Å². The Balaban J connectivity index is 1.33. The second-order valence-corrected chi connectivity index (χ2v) is 11.4. The van der Waals surface area contributed by atoms with Crippen molar-refractivity contribution >= 4 is 23.1 Å². The largest absolute Gasteiger partial charge is 0.348 e. The molecule has 7 nitrogen and oxygen atoms in total. The van der Waals surface area contributed by atoms with Crippen LogP contribution in [0, 0.1) is 6.92 Å². The molecule has 0 fully saturated rings. The van der Waals surface area contributed by atoms with Crippen molar-refractivity contribution in [1.29, 1.82) is 0 Å². The maximum absolute atomic E-state index is 12.8. The molecule has 0 bridgehead atoms. The molecule has 1 amide bonds. The monoisotopic (exact) mass is 594 g/mol. The number of amides is 1. The Bertz CT molecular complexity index is 1590. The molecule has 222 valence electrons. The summed E-state index contributed by atoms with van der Waals surface area (Å²) in [6.07, 6.45) is 17.6. The number of rotatable bonds is 11. The van der Waals surface area contributed by atoms with Crippen LogP contribution in [0.25, 0.3) is 5.57 Å². The van der Waals surface area contributed by atoms with Gasteiger partial charge in [-0.1, -0.05) is 67.1 Å². The highest BCUT2D eigenvalue weighted by Gasteiger charge is 2.28. The van der Waals surface area contributed by atoms with Crippen molar-refractivity contribution < 1.29 is 4.79 Å². The Kier molecular flexibility index (Phi) is 10.2. The summed E-state index contributed by atoms with van der Waals surface area (Å²) >= 11 is 6.23. The molecule has 1 aliphatic carbocycles. The number of benzene rings is 1. The topological polar surface area (TPSA) is 86.8 Å². The van der Waals surface area contributed by atoms with Gasteiger partial charge >= 0.3 is 0 Å². The summed E-state index contributed by atoms with van der Waals surface area (Å²) in [6.45, 7) is 7.86. The van der Waals surface area contributed by atoms with Gasteiger partial charge in [0.2, 0.25) is 0 Å². The average molecular weight is 595 g/mol. The van der Waals surface area contributed by atoms with Gasteiger partial charge in [0.25, 0.3) is 5.91 Å². The quantitative estimate of drug-likeness (QED) is 0.175. The number of carbonyl (C=O) groups excluding carboxylic acids is 1. The van der Waals surface area contributed by atoms with Crippen molar-refractivity contribution in [2.24, 2.45) is 0 Å².